The van der Waals surface area contributed by atoms with Crippen molar-refractivity contribution >= 4 is 17.5 Å². The summed E-state index contributed by atoms with van der Waals surface area (Å²) in [6.45, 7) is 1.97. The highest BCUT2D eigenvalue weighted by molar-refractivity contribution is 6.24. The molecule has 0 bridgehead atoms. The zero-order chi connectivity index (χ0) is 30.3. The van der Waals surface area contributed by atoms with Crippen LogP contribution in [0.1, 0.15) is 66.4 Å². The van der Waals surface area contributed by atoms with Gasteiger partial charge in [0.2, 0.25) is 5.78 Å². The standard InChI is InChI=1S/C31H38FN3O7/c1-34(2)24-18-12-15-11-17-21(25(37)20(15)27(39)31(18,42)28(40)22(26(24)38)29(33)41)19(36)13-16(23(17)32)14-35-9-7-30(8-10-35)5-3-4-6-30/h13,15,18,24,36,38-39,42H,3-12,14H2,1-2H3,(H2,33,41)/t15-,18-,24-,31-/m0/s1. The number of Topliss-reactive ketones (excluding diaryl/α,β-unsaturated/α-hetero) is 2. The maximum atomic E-state index is 16.1. The number of nitrogens with two attached hydrogens (primary N) is 1. The second kappa shape index (κ2) is 9.89. The topological polar surface area (TPSA) is 165 Å². The quantitative estimate of drug-likeness (QED) is 0.335. The zero-order valence-electron chi connectivity index (χ0n) is 24.0. The zero-order valence-corrected chi connectivity index (χ0v) is 24.0. The van der Waals surface area contributed by atoms with E-state index in [0.29, 0.717) is 12.0 Å². The highest BCUT2D eigenvalue weighted by Crippen LogP contribution is 2.53. The van der Waals surface area contributed by atoms with Crippen LogP contribution in [0.15, 0.2) is 28.7 Å². The SMILES string of the molecule is CN(C)[C@@H]1C(O)=C(C(N)=O)C(=O)[C@@]2(O)C(O)=C3C(=O)c4c(O)cc(CN5CCC6(CCCC6)CC5)c(F)c4C[C@H]3C[C@@H]12. The highest BCUT2D eigenvalue weighted by atomic mass is 19.1. The number of carbonyl (C=O) groups excluding carboxylic acids is 3. The van der Waals surface area contributed by atoms with Crippen LogP contribution in [0.4, 0.5) is 4.39 Å². The Morgan fingerprint density at radius 3 is 2.36 bits per heavy atom. The number of carbonyl (C=O) groups is 3. The third kappa shape index (κ3) is 4.04. The van der Waals surface area contributed by atoms with Gasteiger partial charge in [-0.1, -0.05) is 12.8 Å². The Hall–Kier alpha value is -3.28. The van der Waals surface area contributed by atoms with Crippen LogP contribution in [0.2, 0.25) is 0 Å². The summed E-state index contributed by atoms with van der Waals surface area (Å²) in [5.74, 6) is -8.04. The van der Waals surface area contributed by atoms with Crippen LogP contribution in [-0.4, -0.2) is 86.5 Å². The minimum Gasteiger partial charge on any atom is -0.510 e. The molecule has 6 N–H and O–H groups in total. The van der Waals surface area contributed by atoms with Crippen molar-refractivity contribution in [3.8, 4) is 5.75 Å². The number of halogens is 1. The van der Waals surface area contributed by atoms with Crippen LogP contribution in [0.25, 0.3) is 0 Å². The van der Waals surface area contributed by atoms with E-state index in [1.54, 1.807) is 14.1 Å². The van der Waals surface area contributed by atoms with Crippen molar-refractivity contribution in [3.05, 3.63) is 51.2 Å². The lowest BCUT2D eigenvalue weighted by Crippen LogP contribution is -2.63. The summed E-state index contributed by atoms with van der Waals surface area (Å²) in [6, 6.07) is 0.159. The first-order valence-corrected chi connectivity index (χ1v) is 14.7. The molecule has 1 amide bonds. The molecule has 1 aromatic carbocycles. The number of benzene rings is 1. The number of phenolic OH excluding ortho intramolecular Hbond substituents is 1. The number of aliphatic hydroxyl groups is 3. The number of aliphatic hydroxyl groups excluding tert-OH is 2. The van der Waals surface area contributed by atoms with Gasteiger partial charge in [-0.2, -0.15) is 0 Å². The summed E-state index contributed by atoms with van der Waals surface area (Å²) in [5, 5.41) is 44.9. The van der Waals surface area contributed by atoms with Gasteiger partial charge >= 0.3 is 0 Å². The van der Waals surface area contributed by atoms with E-state index in [2.05, 4.69) is 4.90 Å². The Labute approximate surface area is 243 Å². The fourth-order valence-electron chi connectivity index (χ4n) is 8.52. The molecule has 1 saturated carbocycles. The van der Waals surface area contributed by atoms with E-state index in [1.807, 2.05) is 0 Å². The molecule has 1 spiro atoms. The summed E-state index contributed by atoms with van der Waals surface area (Å²) in [5.41, 5.74) is 1.90. The van der Waals surface area contributed by atoms with Gasteiger partial charge in [-0.15, -0.1) is 0 Å². The number of aromatic hydroxyl groups is 1. The van der Waals surface area contributed by atoms with E-state index >= 15 is 4.39 Å². The second-order valence-electron chi connectivity index (χ2n) is 13.2. The van der Waals surface area contributed by atoms with Gasteiger partial charge in [-0.3, -0.25) is 24.2 Å². The Morgan fingerprint density at radius 2 is 1.76 bits per heavy atom. The van der Waals surface area contributed by atoms with Crippen molar-refractivity contribution in [1.29, 1.82) is 0 Å². The van der Waals surface area contributed by atoms with E-state index < -0.39 is 69.6 Å². The number of primary amides is 1. The first-order valence-electron chi connectivity index (χ1n) is 14.7. The van der Waals surface area contributed by atoms with Crippen LogP contribution >= 0.6 is 0 Å². The average Bonchev–Trinajstić information content (AvgIpc) is 3.38. The largest absolute Gasteiger partial charge is 0.510 e. The molecule has 4 atom stereocenters. The van der Waals surface area contributed by atoms with Crippen LogP contribution < -0.4 is 5.73 Å². The summed E-state index contributed by atoms with van der Waals surface area (Å²) < 4.78 is 16.1. The predicted molar refractivity (Wildman–Crippen MR) is 149 cm³/mol. The molecule has 5 aliphatic rings. The van der Waals surface area contributed by atoms with E-state index in [4.69, 9.17) is 5.73 Å². The molecule has 0 aromatic heterocycles. The van der Waals surface area contributed by atoms with Gasteiger partial charge in [-0.25, -0.2) is 4.39 Å². The lowest BCUT2D eigenvalue weighted by atomic mass is 9.58. The number of allylic oxidation sites excluding steroid dienone is 1. The number of ketones is 2. The Morgan fingerprint density at radius 1 is 1.12 bits per heavy atom. The molecule has 1 heterocycles. The molecule has 2 fully saturated rings. The molecular formula is C31H38FN3O7. The number of likely N-dealkylation sites (N-methyl/N-ethyl adjacent to an activating group) is 1. The van der Waals surface area contributed by atoms with E-state index in [9.17, 15) is 34.8 Å². The normalized spacial score (nSPS) is 31.0. The number of nitrogens with zero attached hydrogens (tertiary/aromatic N) is 2. The molecule has 1 saturated heterocycles. The third-order valence-electron chi connectivity index (χ3n) is 10.7. The van der Waals surface area contributed by atoms with Crippen LogP contribution in [0, 0.1) is 23.1 Å². The van der Waals surface area contributed by atoms with Gasteiger partial charge in [0.1, 0.15) is 28.7 Å². The molecule has 0 unspecified atom stereocenters. The van der Waals surface area contributed by atoms with Crippen molar-refractivity contribution in [2.45, 2.75) is 69.6 Å². The summed E-state index contributed by atoms with van der Waals surface area (Å²) in [4.78, 5) is 42.9. The van der Waals surface area contributed by atoms with E-state index in [1.165, 1.54) is 36.6 Å². The number of likely N-dealkylation sites (tertiary alicyclic amines) is 1. The number of amides is 1. The molecule has 1 aliphatic heterocycles. The predicted octanol–water partition coefficient (Wildman–Crippen LogP) is 2.42. The number of hydrogen-bond acceptors (Lipinski definition) is 9. The maximum Gasteiger partial charge on any atom is 0.255 e. The van der Waals surface area contributed by atoms with Gasteiger partial charge in [0.25, 0.3) is 5.91 Å². The number of phenols is 1. The van der Waals surface area contributed by atoms with Crippen molar-refractivity contribution < 1.29 is 39.2 Å². The summed E-state index contributed by atoms with van der Waals surface area (Å²) in [7, 11) is 3.12. The first kappa shape index (κ1) is 28.8. The van der Waals surface area contributed by atoms with Gasteiger partial charge in [-0.05, 0) is 83.1 Å². The van der Waals surface area contributed by atoms with Crippen LogP contribution in [0.5, 0.6) is 5.75 Å². The monoisotopic (exact) mass is 583 g/mol. The molecule has 10 nitrogen and oxygen atoms in total. The third-order valence-corrected chi connectivity index (χ3v) is 10.7. The fraction of sp³-hybridized carbons (Fsp3) is 0.581. The molecule has 4 aliphatic carbocycles. The second-order valence-corrected chi connectivity index (χ2v) is 13.2. The first-order chi connectivity index (χ1) is 19.8. The Bertz CT molecular complexity index is 1450. The van der Waals surface area contributed by atoms with Crippen LogP contribution in [-0.2, 0) is 22.6 Å². The van der Waals surface area contributed by atoms with Gasteiger partial charge in [0, 0.05) is 29.2 Å². The Balaban J connectivity index is 1.36. The molecule has 6 rings (SSSR count). The summed E-state index contributed by atoms with van der Waals surface area (Å²) >= 11 is 0. The fourth-order valence-corrected chi connectivity index (χ4v) is 8.52. The van der Waals surface area contributed by atoms with Gasteiger partial charge in [0.05, 0.1) is 11.6 Å². The average molecular weight is 584 g/mol. The van der Waals surface area contributed by atoms with E-state index in [-0.39, 0.29) is 35.1 Å². The van der Waals surface area contributed by atoms with Gasteiger partial charge in [0.15, 0.2) is 11.4 Å². The number of piperidine rings is 1. The molecule has 11 heteroatoms. The number of rotatable bonds is 4. The lowest BCUT2D eigenvalue weighted by Gasteiger charge is -2.50. The van der Waals surface area contributed by atoms with Crippen molar-refractivity contribution in [3.63, 3.8) is 0 Å². The lowest BCUT2D eigenvalue weighted by molar-refractivity contribution is -0.148. The summed E-state index contributed by atoms with van der Waals surface area (Å²) in [6.07, 6.45) is 7.00. The molecule has 42 heavy (non-hydrogen) atoms. The Kier molecular flexibility index (Phi) is 6.79. The van der Waals surface area contributed by atoms with E-state index in [0.717, 1.165) is 25.9 Å². The smallest absolute Gasteiger partial charge is 0.255 e. The number of fused-ring (bicyclic) bond motifs is 3. The minimum absolute atomic E-state index is 0.0346. The van der Waals surface area contributed by atoms with Gasteiger partial charge < -0.3 is 26.2 Å². The van der Waals surface area contributed by atoms with Crippen molar-refractivity contribution in [1.82, 2.24) is 9.80 Å². The molecule has 226 valence electrons. The molecule has 0 radical (unpaired) electrons. The number of hydrogen-bond donors (Lipinski definition) is 5. The van der Waals surface area contributed by atoms with Crippen molar-refractivity contribution in [2.75, 3.05) is 27.2 Å². The highest BCUT2D eigenvalue weighted by Gasteiger charge is 2.63. The van der Waals surface area contributed by atoms with Crippen LogP contribution in [0.3, 0.4) is 0 Å². The maximum absolute atomic E-state index is 16.1. The molecule has 1 aromatic rings. The van der Waals surface area contributed by atoms with Crippen molar-refractivity contribution in [2.24, 2.45) is 23.0 Å². The minimum atomic E-state index is -2.72. The molecular weight excluding hydrogens is 545 g/mol.